The molecule has 42 heavy (non-hydrogen) atoms. The Bertz CT molecular complexity index is 843. The number of cyclic esters (lactones) is 2. The van der Waals surface area contributed by atoms with Gasteiger partial charge in [0.15, 0.2) is 0 Å². The van der Waals surface area contributed by atoms with E-state index in [4.69, 9.17) is 26.2 Å². The van der Waals surface area contributed by atoms with Crippen LogP contribution in [0.4, 0.5) is 0 Å². The molecule has 0 spiro atoms. The first-order valence-electron chi connectivity index (χ1n) is 13.9. The van der Waals surface area contributed by atoms with Crippen molar-refractivity contribution in [2.24, 2.45) is 41.2 Å². The van der Waals surface area contributed by atoms with Crippen LogP contribution in [0.25, 0.3) is 0 Å². The summed E-state index contributed by atoms with van der Waals surface area (Å²) in [5, 5.41) is 33.7. The molecule has 8 N–H and O–H groups in total. The molecule has 14 nitrogen and oxygen atoms in total. The van der Waals surface area contributed by atoms with Crippen molar-refractivity contribution < 1.29 is 59.4 Å². The number of aliphatic hydroxyl groups excluding tert-OH is 3. The van der Waals surface area contributed by atoms with Crippen LogP contribution in [0.2, 0.25) is 0 Å². The van der Waals surface area contributed by atoms with Crippen molar-refractivity contribution >= 4 is 35.5 Å². The van der Waals surface area contributed by atoms with E-state index < -0.39 is 11.9 Å². The minimum Gasteiger partial charge on any atom is -0.481 e. The van der Waals surface area contributed by atoms with Crippen molar-refractivity contribution in [2.75, 3.05) is 32.9 Å². The Balaban J connectivity index is -0.000000509. The molecule has 246 valence electrons. The molecule has 2 heterocycles. The molecule has 0 aromatic rings. The number of ether oxygens (including phenoxy) is 1. The number of carboxylic acids is 1. The zero-order valence-corrected chi connectivity index (χ0v) is 25.7. The summed E-state index contributed by atoms with van der Waals surface area (Å²) >= 11 is 0. The van der Waals surface area contributed by atoms with Crippen LogP contribution < -0.4 is 5.73 Å². The van der Waals surface area contributed by atoms with Gasteiger partial charge in [0.1, 0.15) is 5.78 Å². The highest BCUT2D eigenvalue weighted by molar-refractivity contribution is 6.03. The minimum atomic E-state index is -0.919. The Morgan fingerprint density at radius 2 is 1.43 bits per heavy atom. The van der Waals surface area contributed by atoms with E-state index in [0.717, 1.165) is 4.90 Å². The van der Waals surface area contributed by atoms with Gasteiger partial charge in [-0.2, -0.15) is 0 Å². The molecule has 0 aliphatic carbocycles. The number of esters is 2. The lowest BCUT2D eigenvalue weighted by Crippen LogP contribution is -2.33. The third kappa shape index (κ3) is 17.2. The molecule has 0 saturated carbocycles. The first-order valence-corrected chi connectivity index (χ1v) is 13.9. The molecule has 0 aromatic heterocycles. The summed E-state index contributed by atoms with van der Waals surface area (Å²) in [5.41, 5.74) is 4.78. The van der Waals surface area contributed by atoms with Crippen LogP contribution in [0, 0.1) is 35.5 Å². The molecule has 0 aromatic carbocycles. The Morgan fingerprint density at radius 1 is 0.905 bits per heavy atom. The number of carboxylic acid groups (broad SMARTS) is 1. The van der Waals surface area contributed by atoms with E-state index in [-0.39, 0.29) is 110 Å². The molecule has 2 saturated heterocycles. The number of imide groups is 1. The predicted molar refractivity (Wildman–Crippen MR) is 152 cm³/mol. The minimum absolute atomic E-state index is 0. The van der Waals surface area contributed by atoms with E-state index in [1.807, 2.05) is 27.7 Å². The monoisotopic (exact) mass is 608 g/mol. The fraction of sp³-hybridized carbons (Fsp3) is 0.786. The van der Waals surface area contributed by atoms with Crippen LogP contribution in [-0.2, 0) is 33.5 Å². The van der Waals surface area contributed by atoms with Crippen molar-refractivity contribution in [3.63, 3.8) is 0 Å². The molecule has 3 atom stereocenters. The zero-order chi connectivity index (χ0) is 32.3. The summed E-state index contributed by atoms with van der Waals surface area (Å²) in [7, 11) is 0. The summed E-state index contributed by atoms with van der Waals surface area (Å²) in [4.78, 5) is 67.3. The van der Waals surface area contributed by atoms with E-state index in [9.17, 15) is 28.8 Å². The lowest BCUT2D eigenvalue weighted by atomic mass is 9.90. The highest BCUT2D eigenvalue weighted by atomic mass is 16.6. The quantitative estimate of drug-likeness (QED) is 0.111. The summed E-state index contributed by atoms with van der Waals surface area (Å²) in [6.45, 7) is 11.7. The average molecular weight is 609 g/mol. The van der Waals surface area contributed by atoms with Crippen molar-refractivity contribution in [1.82, 2.24) is 4.90 Å². The van der Waals surface area contributed by atoms with Gasteiger partial charge in [-0.05, 0) is 24.2 Å². The lowest BCUT2D eigenvalue weighted by Gasteiger charge is -2.14. The van der Waals surface area contributed by atoms with Gasteiger partial charge in [0.05, 0.1) is 38.0 Å². The SMILES string of the molecule is CC(C)C(CC(=O)CCCO)C(=O)O.CC(C)C1CC(=O)N(CCO)C1=O.CC(C)C1CC(=O)OC1=O.NCCO.O. The summed E-state index contributed by atoms with van der Waals surface area (Å²) in [6.07, 6.45) is 1.33. The van der Waals surface area contributed by atoms with Crippen molar-refractivity contribution in [1.29, 1.82) is 0 Å². The van der Waals surface area contributed by atoms with E-state index in [1.54, 1.807) is 13.8 Å². The van der Waals surface area contributed by atoms with E-state index in [2.05, 4.69) is 4.74 Å². The number of Topliss-reactive ketones (excluding diaryl/α,β-unsaturated/α-hetero) is 1. The maximum Gasteiger partial charge on any atom is 0.317 e. The van der Waals surface area contributed by atoms with Crippen LogP contribution in [0.3, 0.4) is 0 Å². The zero-order valence-electron chi connectivity index (χ0n) is 25.7. The van der Waals surface area contributed by atoms with Crippen LogP contribution in [0.15, 0.2) is 0 Å². The fourth-order valence-corrected chi connectivity index (χ4v) is 3.80. The molecule has 2 amide bonds. The smallest absolute Gasteiger partial charge is 0.317 e. The standard InChI is InChI=1S/C10H18O4.C9H15NO3.C7H10O3.C2H7NO.H2O/c1-7(2)9(10(13)14)6-8(12)4-3-5-11;1-6(2)7-5-8(12)10(3-4-11)9(7)13;1-4(2)5-3-6(8)10-7(5)9;3-1-2-4;/h7,9,11H,3-6H2,1-2H3,(H,13,14);6-7,11H,3-5H2,1-2H3;4-5H,3H2,1-2H3;4H,1-3H2;1H2. The molecular weight excluding hydrogens is 556 g/mol. The average Bonchev–Trinajstić information content (AvgIpc) is 3.39. The summed E-state index contributed by atoms with van der Waals surface area (Å²) < 4.78 is 4.36. The molecule has 0 bridgehead atoms. The van der Waals surface area contributed by atoms with E-state index in [1.165, 1.54) is 0 Å². The van der Waals surface area contributed by atoms with Crippen molar-refractivity contribution in [3.05, 3.63) is 0 Å². The third-order valence-electron chi connectivity index (χ3n) is 6.43. The Morgan fingerprint density at radius 3 is 1.71 bits per heavy atom. The van der Waals surface area contributed by atoms with Crippen LogP contribution in [0.1, 0.15) is 73.6 Å². The second-order valence-corrected chi connectivity index (χ2v) is 10.8. The second kappa shape index (κ2) is 23.7. The van der Waals surface area contributed by atoms with E-state index >= 15 is 0 Å². The number of β-amino-alcohol motifs (C(OH)–C–C–N with tert-alkyl or cyclic N) is 1. The molecule has 3 unspecified atom stereocenters. The molecule has 14 heteroatoms. The van der Waals surface area contributed by atoms with Gasteiger partial charge >= 0.3 is 17.9 Å². The van der Waals surface area contributed by atoms with Gasteiger partial charge in [0.25, 0.3) is 0 Å². The maximum atomic E-state index is 11.5. The number of hydrogen-bond acceptors (Lipinski definition) is 11. The summed E-state index contributed by atoms with van der Waals surface area (Å²) in [6, 6.07) is 0. The number of amides is 2. The summed E-state index contributed by atoms with van der Waals surface area (Å²) in [5.74, 6) is -2.65. The van der Waals surface area contributed by atoms with Gasteiger partial charge < -0.3 is 36.4 Å². The topological polar surface area (TPSA) is 253 Å². The number of ketones is 1. The van der Waals surface area contributed by atoms with Gasteiger partial charge in [-0.15, -0.1) is 0 Å². The number of rotatable bonds is 12. The molecule has 2 fully saturated rings. The number of carbonyl (C=O) groups excluding carboxylic acids is 5. The number of aliphatic carboxylic acids is 1. The highest BCUT2D eigenvalue weighted by Crippen LogP contribution is 2.26. The number of nitrogens with zero attached hydrogens (tertiary/aromatic N) is 1. The van der Waals surface area contributed by atoms with Crippen LogP contribution >= 0.6 is 0 Å². The first kappa shape index (κ1) is 43.7. The second-order valence-electron chi connectivity index (χ2n) is 10.8. The Labute approximate surface area is 247 Å². The number of likely N-dealkylation sites (tertiary alicyclic amines) is 1. The number of hydrogen-bond donors (Lipinski definition) is 5. The van der Waals surface area contributed by atoms with Gasteiger partial charge in [0, 0.05) is 38.3 Å². The lowest BCUT2D eigenvalue weighted by molar-refractivity contribution is -0.153. The largest absolute Gasteiger partial charge is 0.481 e. The third-order valence-corrected chi connectivity index (χ3v) is 6.43. The molecular formula is C28H52N2O12. The van der Waals surface area contributed by atoms with Gasteiger partial charge in [-0.1, -0.05) is 41.5 Å². The Kier molecular flexibility index (Phi) is 24.7. The number of aliphatic hydroxyl groups is 3. The molecule has 2 aliphatic rings. The van der Waals surface area contributed by atoms with Gasteiger partial charge in [0.2, 0.25) is 11.8 Å². The van der Waals surface area contributed by atoms with E-state index in [0.29, 0.717) is 19.4 Å². The first-order chi connectivity index (χ1) is 19.1. The normalized spacial score (nSPS) is 18.4. The number of nitrogens with two attached hydrogens (primary N) is 1. The number of carbonyl (C=O) groups is 6. The maximum absolute atomic E-state index is 11.5. The van der Waals surface area contributed by atoms with Crippen molar-refractivity contribution in [2.45, 2.75) is 73.6 Å². The predicted octanol–water partition coefficient (Wildman–Crippen LogP) is -0.0705. The van der Waals surface area contributed by atoms with Gasteiger partial charge in [-0.25, -0.2) is 0 Å². The van der Waals surface area contributed by atoms with Gasteiger partial charge in [-0.3, -0.25) is 33.7 Å². The highest BCUT2D eigenvalue weighted by Gasteiger charge is 2.39. The molecule has 2 aliphatic heterocycles. The van der Waals surface area contributed by atoms with Crippen LogP contribution in [0.5, 0.6) is 0 Å². The van der Waals surface area contributed by atoms with Crippen molar-refractivity contribution in [3.8, 4) is 0 Å². The van der Waals surface area contributed by atoms with Crippen LogP contribution in [-0.4, -0.2) is 99.2 Å². The Hall–Kier alpha value is -2.78. The fourth-order valence-electron chi connectivity index (χ4n) is 3.80. The molecule has 2 rings (SSSR count). The molecule has 0 radical (unpaired) electrons.